The van der Waals surface area contributed by atoms with E-state index in [9.17, 15) is 4.79 Å². The monoisotopic (exact) mass is 502 g/mol. The Morgan fingerprint density at radius 1 is 1.13 bits per heavy atom. The summed E-state index contributed by atoms with van der Waals surface area (Å²) >= 11 is 0. The second-order valence-electron chi connectivity index (χ2n) is 9.17. The fourth-order valence-corrected chi connectivity index (χ4v) is 4.35. The Balaban J connectivity index is 1.42. The number of carbonyl (C=O) groups is 1. The summed E-state index contributed by atoms with van der Waals surface area (Å²) in [7, 11) is 1.81. The van der Waals surface area contributed by atoms with E-state index < -0.39 is 11.9 Å². The molecule has 4 heterocycles. The molecule has 0 aliphatic heterocycles. The summed E-state index contributed by atoms with van der Waals surface area (Å²) in [6.45, 7) is 0. The molecule has 38 heavy (non-hydrogen) atoms. The number of nitrogens with two attached hydrogens (primary N) is 1. The SMILES string of the molecule is Cn1ccc(-c2nc(N)c(C(=O)NC(c3ncc(C#N)cn3)C3CC3)nc2-c2ccc3ncccc3c2)n1. The van der Waals surface area contributed by atoms with Gasteiger partial charge in [-0.3, -0.25) is 14.5 Å². The molecule has 1 aromatic carbocycles. The largest absolute Gasteiger partial charge is 0.382 e. The minimum absolute atomic E-state index is 0.00487. The molecule has 11 heteroatoms. The summed E-state index contributed by atoms with van der Waals surface area (Å²) in [4.78, 5) is 35.8. The van der Waals surface area contributed by atoms with Gasteiger partial charge >= 0.3 is 0 Å². The summed E-state index contributed by atoms with van der Waals surface area (Å²) in [6.07, 6.45) is 8.31. The highest BCUT2D eigenvalue weighted by molar-refractivity contribution is 5.98. The number of nitrogens with zero attached hydrogens (tertiary/aromatic N) is 8. The van der Waals surface area contributed by atoms with Gasteiger partial charge in [0.25, 0.3) is 5.91 Å². The average Bonchev–Trinajstić information content (AvgIpc) is 3.70. The van der Waals surface area contributed by atoms with Gasteiger partial charge in [-0.2, -0.15) is 10.4 Å². The zero-order valence-corrected chi connectivity index (χ0v) is 20.4. The first-order valence-electron chi connectivity index (χ1n) is 12.1. The number of pyridine rings is 1. The lowest BCUT2D eigenvalue weighted by Crippen LogP contribution is -2.32. The van der Waals surface area contributed by atoms with Gasteiger partial charge in [0.1, 0.15) is 17.5 Å². The Labute approximate surface area is 217 Å². The first kappa shape index (κ1) is 23.2. The van der Waals surface area contributed by atoms with Crippen LogP contribution >= 0.6 is 0 Å². The van der Waals surface area contributed by atoms with Crippen LogP contribution in [0.25, 0.3) is 33.5 Å². The maximum Gasteiger partial charge on any atom is 0.274 e. The van der Waals surface area contributed by atoms with Crippen LogP contribution in [0.3, 0.4) is 0 Å². The first-order chi connectivity index (χ1) is 18.5. The number of hydrogen-bond donors (Lipinski definition) is 2. The van der Waals surface area contributed by atoms with Crippen LogP contribution in [0.4, 0.5) is 5.82 Å². The maximum atomic E-state index is 13.5. The lowest BCUT2D eigenvalue weighted by Gasteiger charge is -2.18. The Morgan fingerprint density at radius 3 is 2.66 bits per heavy atom. The van der Waals surface area contributed by atoms with Crippen molar-refractivity contribution in [1.82, 2.24) is 40.0 Å². The normalized spacial score (nSPS) is 13.7. The molecule has 1 fully saturated rings. The van der Waals surface area contributed by atoms with Crippen molar-refractivity contribution in [1.29, 1.82) is 5.26 Å². The molecule has 1 saturated carbocycles. The summed E-state index contributed by atoms with van der Waals surface area (Å²) in [5.74, 6) is 0.154. The molecule has 1 aliphatic rings. The van der Waals surface area contributed by atoms with Crippen LogP contribution in [-0.2, 0) is 7.05 Å². The predicted octanol–water partition coefficient (Wildman–Crippen LogP) is 3.22. The number of aromatic nitrogens is 7. The van der Waals surface area contributed by atoms with Gasteiger partial charge in [-0.25, -0.2) is 19.9 Å². The number of nitriles is 1. The number of carbonyl (C=O) groups excluding carboxylic acids is 1. The third-order valence-corrected chi connectivity index (χ3v) is 6.43. The molecule has 0 saturated heterocycles. The molecule has 186 valence electrons. The summed E-state index contributed by atoms with van der Waals surface area (Å²) in [5, 5.41) is 17.5. The molecular weight excluding hydrogens is 480 g/mol. The minimum Gasteiger partial charge on any atom is -0.382 e. The quantitative estimate of drug-likeness (QED) is 0.355. The number of nitrogen functional groups attached to an aromatic ring is 1. The standard InChI is InChI=1S/C27H22N10O/c1-37-10-8-20(36-37)23-21(18-6-7-19-17(11-18)3-2-9-30-19)33-24(25(29)34-23)27(38)35-22(16-4-5-16)26-31-13-15(12-28)14-32-26/h2-3,6-11,13-14,16,22H,4-5H2,1H3,(H2,29,34)(H,35,38). The van der Waals surface area contributed by atoms with Gasteiger partial charge in [-0.15, -0.1) is 0 Å². The van der Waals surface area contributed by atoms with E-state index in [1.165, 1.54) is 12.4 Å². The maximum absolute atomic E-state index is 13.5. The second-order valence-corrected chi connectivity index (χ2v) is 9.17. The van der Waals surface area contributed by atoms with Crippen LogP contribution in [0.1, 0.15) is 40.8 Å². The number of benzene rings is 1. The van der Waals surface area contributed by atoms with Crippen molar-refractivity contribution in [3.63, 3.8) is 0 Å². The number of amides is 1. The molecule has 6 rings (SSSR count). The van der Waals surface area contributed by atoms with Gasteiger partial charge in [0.2, 0.25) is 0 Å². The van der Waals surface area contributed by atoms with Gasteiger partial charge in [0.15, 0.2) is 17.3 Å². The van der Waals surface area contributed by atoms with E-state index in [0.717, 1.165) is 29.3 Å². The van der Waals surface area contributed by atoms with Crippen LogP contribution in [0, 0.1) is 17.2 Å². The number of hydrogen-bond acceptors (Lipinski definition) is 9. The Morgan fingerprint density at radius 2 is 1.95 bits per heavy atom. The molecule has 5 aromatic rings. The fourth-order valence-electron chi connectivity index (χ4n) is 4.35. The summed E-state index contributed by atoms with van der Waals surface area (Å²) in [5.41, 5.74) is 9.78. The third-order valence-electron chi connectivity index (χ3n) is 6.43. The molecule has 1 amide bonds. The van der Waals surface area contributed by atoms with E-state index in [1.807, 2.05) is 49.5 Å². The lowest BCUT2D eigenvalue weighted by atomic mass is 10.0. The number of rotatable bonds is 6. The fraction of sp³-hybridized carbons (Fsp3) is 0.185. The molecule has 3 N–H and O–H groups in total. The highest BCUT2D eigenvalue weighted by Gasteiger charge is 2.36. The van der Waals surface area contributed by atoms with E-state index in [4.69, 9.17) is 16.0 Å². The third kappa shape index (κ3) is 4.39. The Hall–Kier alpha value is -5.24. The summed E-state index contributed by atoms with van der Waals surface area (Å²) < 4.78 is 1.67. The number of aryl methyl sites for hydroxylation is 1. The van der Waals surface area contributed by atoms with Crippen molar-refractivity contribution in [2.45, 2.75) is 18.9 Å². The van der Waals surface area contributed by atoms with Gasteiger partial charge < -0.3 is 11.1 Å². The highest BCUT2D eigenvalue weighted by atomic mass is 16.2. The predicted molar refractivity (Wildman–Crippen MR) is 139 cm³/mol. The van der Waals surface area contributed by atoms with E-state index in [0.29, 0.717) is 28.5 Å². The van der Waals surface area contributed by atoms with Gasteiger partial charge in [-0.1, -0.05) is 12.1 Å². The van der Waals surface area contributed by atoms with Crippen molar-refractivity contribution < 1.29 is 4.79 Å². The van der Waals surface area contributed by atoms with Crippen molar-refractivity contribution in [2.24, 2.45) is 13.0 Å². The molecule has 0 radical (unpaired) electrons. The lowest BCUT2D eigenvalue weighted by molar-refractivity contribution is 0.0925. The van der Waals surface area contributed by atoms with E-state index in [1.54, 1.807) is 17.1 Å². The highest BCUT2D eigenvalue weighted by Crippen LogP contribution is 2.40. The number of anilines is 1. The number of nitrogens with one attached hydrogen (secondary N) is 1. The number of fused-ring (bicyclic) bond motifs is 1. The van der Waals surface area contributed by atoms with Crippen molar-refractivity contribution in [3.8, 4) is 28.7 Å². The molecule has 0 spiro atoms. The molecule has 0 bridgehead atoms. The molecule has 1 unspecified atom stereocenters. The molecule has 1 aliphatic carbocycles. The average molecular weight is 503 g/mol. The van der Waals surface area contributed by atoms with Crippen LogP contribution in [0.15, 0.2) is 61.2 Å². The van der Waals surface area contributed by atoms with Crippen molar-refractivity contribution in [3.05, 3.63) is 78.3 Å². The van der Waals surface area contributed by atoms with Crippen molar-refractivity contribution >= 4 is 22.6 Å². The summed E-state index contributed by atoms with van der Waals surface area (Å²) in [6, 6.07) is 13.0. The minimum atomic E-state index is -0.476. The van der Waals surface area contributed by atoms with Gasteiger partial charge in [0, 0.05) is 42.8 Å². The molecular formula is C27H22N10O. The van der Waals surface area contributed by atoms with E-state index >= 15 is 0 Å². The van der Waals surface area contributed by atoms with Crippen LogP contribution in [-0.4, -0.2) is 40.6 Å². The Bertz CT molecular complexity index is 1720. The van der Waals surface area contributed by atoms with Gasteiger partial charge in [0.05, 0.1) is 22.8 Å². The van der Waals surface area contributed by atoms with Crippen LogP contribution in [0.2, 0.25) is 0 Å². The van der Waals surface area contributed by atoms with Gasteiger partial charge in [-0.05, 0) is 43.0 Å². The topological polar surface area (TPSA) is 161 Å². The zero-order chi connectivity index (χ0) is 26.2. The second kappa shape index (κ2) is 9.33. The van der Waals surface area contributed by atoms with Crippen LogP contribution < -0.4 is 11.1 Å². The molecule has 1 atom stereocenters. The molecule has 11 nitrogen and oxygen atoms in total. The molecule has 4 aromatic heterocycles. The zero-order valence-electron chi connectivity index (χ0n) is 20.4. The van der Waals surface area contributed by atoms with E-state index in [2.05, 4.69) is 30.4 Å². The Kier molecular flexibility index (Phi) is 5.69. The van der Waals surface area contributed by atoms with E-state index in [-0.39, 0.29) is 17.4 Å². The first-order valence-corrected chi connectivity index (χ1v) is 12.1. The van der Waals surface area contributed by atoms with Crippen molar-refractivity contribution in [2.75, 3.05) is 5.73 Å². The van der Waals surface area contributed by atoms with Crippen LogP contribution in [0.5, 0.6) is 0 Å². The smallest absolute Gasteiger partial charge is 0.274 e.